The van der Waals surface area contributed by atoms with Crippen LogP contribution in [0.1, 0.15) is 183 Å². The quantitative estimate of drug-likeness (QED) is 0.0438. The van der Waals surface area contributed by atoms with Crippen molar-refractivity contribution in [3.05, 3.63) is 0 Å². The topological polar surface area (TPSA) is 270 Å². The first-order valence-corrected chi connectivity index (χ1v) is 26.6. The van der Waals surface area contributed by atoms with Gasteiger partial charge in [0.05, 0.1) is 19.1 Å². The van der Waals surface area contributed by atoms with Crippen molar-refractivity contribution >= 4 is 47.7 Å². The summed E-state index contributed by atoms with van der Waals surface area (Å²) in [5.74, 6) is -6.19. The molecule has 0 aromatic heterocycles. The largest absolute Gasteiger partial charge is 0.463 e. The predicted molar refractivity (Wildman–Crippen MR) is 259 cm³/mol. The highest BCUT2D eigenvalue weighted by Gasteiger charge is 2.55. The second-order valence-electron chi connectivity index (χ2n) is 19.3. The summed E-state index contributed by atoms with van der Waals surface area (Å²) >= 11 is 0. The number of hydrogen-bond donors (Lipinski definition) is 2. The number of rotatable bonds is 33. The monoisotopic (exact) mass is 1040 g/mol. The molecule has 1 aliphatic carbocycles. The van der Waals surface area contributed by atoms with Crippen molar-refractivity contribution in [2.24, 2.45) is 5.92 Å². The van der Waals surface area contributed by atoms with E-state index in [0.29, 0.717) is 19.3 Å². The molecule has 3 fully saturated rings. The minimum Gasteiger partial charge on any atom is -0.463 e. The standard InChI is InChI=1S/C52H85NO20/c1-8-9-10-11-12-13-14-15-16-17-18-19-20-21-25-28-43(61)53-44-47(69-36(5)57)45(67-34(3)55)42(72-51(44)65-30-40(60)29-64-50(62)39-26-23-22-24-27-39)32-66-52-49(71-38(7)59)48(70-37(6)58)46(68-35(4)56)41(73-52)31-63-33(2)54/h39-42,44-49,51-52,60H,8-32H2,1-7H3,(H,53,61)/t40?,41-,42-,44-,45-,46-,47-,48+,49-,51-,52-/m1/s1. The molecule has 0 radical (unpaired) electrons. The van der Waals surface area contributed by atoms with E-state index in [1.807, 2.05) is 0 Å². The molecule has 418 valence electrons. The lowest BCUT2D eigenvalue weighted by Gasteiger charge is -2.47. The van der Waals surface area contributed by atoms with Crippen LogP contribution >= 0.6 is 0 Å². The van der Waals surface area contributed by atoms with E-state index in [1.54, 1.807) is 0 Å². The second kappa shape index (κ2) is 34.9. The van der Waals surface area contributed by atoms with E-state index in [4.69, 9.17) is 52.1 Å². The number of nitrogens with one attached hydrogen (secondary N) is 1. The summed E-state index contributed by atoms with van der Waals surface area (Å²) in [6, 6.07) is -1.35. The average Bonchev–Trinajstić information content (AvgIpc) is 3.32. The van der Waals surface area contributed by atoms with Crippen LogP contribution in [0.25, 0.3) is 0 Å². The molecule has 0 aromatic carbocycles. The molecule has 0 spiro atoms. The van der Waals surface area contributed by atoms with Crippen LogP contribution in [0, 0.1) is 5.92 Å². The second-order valence-corrected chi connectivity index (χ2v) is 19.3. The Hall–Kier alpha value is -4.44. The third kappa shape index (κ3) is 24.6. The maximum Gasteiger partial charge on any atom is 0.309 e. The SMILES string of the molecule is CCCCCCCCCCCCCCCCCC(=O)N[C@H]1[C@H](OCC(O)COC(=O)C2CCCCC2)O[C@H](CO[C@@H]2O[C@H](COC(C)=O)[C@@H](OC(C)=O)[C@H](OC(C)=O)[C@H]2OC(C)=O)[C@@H](OC(C)=O)[C@@H]1OC(C)=O. The fourth-order valence-corrected chi connectivity index (χ4v) is 9.31. The van der Waals surface area contributed by atoms with E-state index in [9.17, 15) is 43.5 Å². The molecule has 11 atom stereocenters. The van der Waals surface area contributed by atoms with E-state index in [2.05, 4.69) is 12.2 Å². The van der Waals surface area contributed by atoms with Crippen molar-refractivity contribution in [1.29, 1.82) is 0 Å². The first-order valence-electron chi connectivity index (χ1n) is 26.6. The molecular weight excluding hydrogens is 959 g/mol. The van der Waals surface area contributed by atoms with Gasteiger partial charge in [-0.25, -0.2) is 0 Å². The van der Waals surface area contributed by atoms with Crippen molar-refractivity contribution in [3.8, 4) is 0 Å². The van der Waals surface area contributed by atoms with Gasteiger partial charge in [0, 0.05) is 48.0 Å². The van der Waals surface area contributed by atoms with Crippen molar-refractivity contribution in [3.63, 3.8) is 0 Å². The van der Waals surface area contributed by atoms with Crippen molar-refractivity contribution in [2.45, 2.75) is 251 Å². The minimum atomic E-state index is -1.69. The summed E-state index contributed by atoms with van der Waals surface area (Å²) in [6.07, 6.45) is 6.30. The number of esters is 7. The number of carbonyl (C=O) groups is 8. The Balaban J connectivity index is 1.83. The van der Waals surface area contributed by atoms with Crippen molar-refractivity contribution in [1.82, 2.24) is 5.32 Å². The minimum absolute atomic E-state index is 0.0850. The van der Waals surface area contributed by atoms with Gasteiger partial charge in [-0.3, -0.25) is 38.4 Å². The number of carbonyl (C=O) groups excluding carboxylic acids is 8. The Kier molecular flexibility index (Phi) is 30.1. The van der Waals surface area contributed by atoms with Gasteiger partial charge in [0.2, 0.25) is 5.91 Å². The van der Waals surface area contributed by atoms with E-state index >= 15 is 0 Å². The molecule has 1 amide bonds. The summed E-state index contributed by atoms with van der Waals surface area (Å²) in [6.45, 7) is 6.62. The molecule has 0 bridgehead atoms. The van der Waals surface area contributed by atoms with Crippen LogP contribution in [0.15, 0.2) is 0 Å². The number of ether oxygens (including phenoxy) is 11. The average molecular weight is 1040 g/mol. The molecule has 2 N–H and O–H groups in total. The predicted octanol–water partition coefficient (Wildman–Crippen LogP) is 5.92. The van der Waals surface area contributed by atoms with E-state index < -0.39 is 142 Å². The molecule has 2 heterocycles. The number of unbranched alkanes of at least 4 members (excludes halogenated alkanes) is 14. The molecule has 73 heavy (non-hydrogen) atoms. The number of amides is 1. The van der Waals surface area contributed by atoms with Gasteiger partial charge < -0.3 is 62.5 Å². The molecule has 1 saturated carbocycles. The molecule has 2 saturated heterocycles. The number of hydrogen-bond acceptors (Lipinski definition) is 20. The Morgan fingerprint density at radius 1 is 0.493 bits per heavy atom. The molecule has 1 unspecified atom stereocenters. The van der Waals surface area contributed by atoms with Gasteiger partial charge in [-0.1, -0.05) is 116 Å². The van der Waals surface area contributed by atoms with Crippen molar-refractivity contribution < 1.29 is 95.6 Å². The third-order valence-electron chi connectivity index (χ3n) is 12.8. The fraction of sp³-hybridized carbons (Fsp3) is 0.846. The maximum atomic E-state index is 13.7. The van der Waals surface area contributed by atoms with Gasteiger partial charge in [-0.2, -0.15) is 0 Å². The molecular formula is C52H85NO20. The first kappa shape index (κ1) is 62.9. The summed E-state index contributed by atoms with van der Waals surface area (Å²) in [4.78, 5) is 101. The molecule has 3 rings (SSSR count). The normalized spacial score (nSPS) is 25.6. The molecule has 2 aliphatic heterocycles. The lowest BCUT2D eigenvalue weighted by atomic mass is 9.89. The highest BCUT2D eigenvalue weighted by Crippen LogP contribution is 2.33. The summed E-state index contributed by atoms with van der Waals surface area (Å²) in [5, 5.41) is 13.8. The zero-order chi connectivity index (χ0) is 53.7. The molecule has 21 nitrogen and oxygen atoms in total. The van der Waals surface area contributed by atoms with Gasteiger partial charge in [-0.15, -0.1) is 0 Å². The maximum absolute atomic E-state index is 13.7. The van der Waals surface area contributed by atoms with Gasteiger partial charge in [0.15, 0.2) is 43.1 Å². The molecule has 21 heteroatoms. The Morgan fingerprint density at radius 3 is 1.47 bits per heavy atom. The van der Waals surface area contributed by atoms with Crippen LogP contribution in [0.3, 0.4) is 0 Å². The Morgan fingerprint density at radius 2 is 0.945 bits per heavy atom. The highest BCUT2D eigenvalue weighted by atomic mass is 16.8. The smallest absolute Gasteiger partial charge is 0.309 e. The zero-order valence-corrected chi connectivity index (χ0v) is 44.3. The Labute approximate surface area is 430 Å². The van der Waals surface area contributed by atoms with Gasteiger partial charge >= 0.3 is 41.8 Å². The van der Waals surface area contributed by atoms with Crippen LogP contribution in [-0.2, 0) is 90.5 Å². The zero-order valence-electron chi connectivity index (χ0n) is 44.3. The highest BCUT2D eigenvalue weighted by molar-refractivity contribution is 5.76. The van der Waals surface area contributed by atoms with E-state index in [0.717, 1.165) is 86.5 Å². The van der Waals surface area contributed by atoms with Gasteiger partial charge in [-0.05, 0) is 19.3 Å². The van der Waals surface area contributed by atoms with Crippen LogP contribution in [0.2, 0.25) is 0 Å². The fourth-order valence-electron chi connectivity index (χ4n) is 9.31. The number of aliphatic hydroxyl groups excluding tert-OH is 1. The van der Waals surface area contributed by atoms with E-state index in [1.165, 1.54) is 64.2 Å². The molecule has 0 aromatic rings. The molecule has 3 aliphatic rings. The summed E-state index contributed by atoms with van der Waals surface area (Å²) in [7, 11) is 0. The van der Waals surface area contributed by atoms with E-state index in [-0.39, 0.29) is 12.3 Å². The van der Waals surface area contributed by atoms with Crippen LogP contribution < -0.4 is 5.32 Å². The van der Waals surface area contributed by atoms with Crippen molar-refractivity contribution in [2.75, 3.05) is 26.4 Å². The lowest BCUT2D eigenvalue weighted by Crippen LogP contribution is -2.67. The summed E-state index contributed by atoms with van der Waals surface area (Å²) < 4.78 is 63.3. The van der Waals surface area contributed by atoms with Crippen LogP contribution in [0.4, 0.5) is 0 Å². The van der Waals surface area contributed by atoms with Gasteiger partial charge in [0.25, 0.3) is 0 Å². The lowest BCUT2D eigenvalue weighted by molar-refractivity contribution is -0.326. The number of aliphatic hydroxyl groups is 1. The first-order chi connectivity index (χ1) is 34.9. The third-order valence-corrected chi connectivity index (χ3v) is 12.8. The van der Waals surface area contributed by atoms with Crippen LogP contribution in [0.5, 0.6) is 0 Å². The van der Waals surface area contributed by atoms with Gasteiger partial charge in [0.1, 0.15) is 37.6 Å². The Bertz CT molecular complexity index is 1710. The van der Waals surface area contributed by atoms with Crippen LogP contribution in [-0.4, -0.2) is 147 Å². The summed E-state index contributed by atoms with van der Waals surface area (Å²) in [5.41, 5.74) is 0.